The van der Waals surface area contributed by atoms with Crippen LogP contribution in [-0.4, -0.2) is 12.1 Å². The van der Waals surface area contributed by atoms with Crippen LogP contribution in [0.5, 0.6) is 11.5 Å². The monoisotopic (exact) mass is 301 g/mol. The number of benzene rings is 2. The van der Waals surface area contributed by atoms with Gasteiger partial charge in [0.1, 0.15) is 18.1 Å². The standard InChI is InChI=1S/C17H19NO2S/c1-12-3-8-16(19-2)14(9-12)11-20-15-6-4-13(5-7-15)10-17(18)21/h3-9H,10-11H2,1-2H3,(H2,18,21). The molecule has 2 rings (SSSR count). The molecule has 110 valence electrons. The Kier molecular flexibility index (Phi) is 5.17. The van der Waals surface area contributed by atoms with E-state index in [-0.39, 0.29) is 0 Å². The molecule has 0 saturated carbocycles. The van der Waals surface area contributed by atoms with Gasteiger partial charge in [-0.15, -0.1) is 0 Å². The number of nitrogens with two attached hydrogens (primary N) is 1. The minimum Gasteiger partial charge on any atom is -0.496 e. The molecule has 4 heteroatoms. The zero-order valence-corrected chi connectivity index (χ0v) is 13.1. The number of rotatable bonds is 6. The first-order valence-electron chi connectivity index (χ1n) is 6.72. The van der Waals surface area contributed by atoms with E-state index < -0.39 is 0 Å². The van der Waals surface area contributed by atoms with Gasteiger partial charge in [0.15, 0.2) is 0 Å². The second kappa shape index (κ2) is 7.09. The van der Waals surface area contributed by atoms with Crippen LogP contribution in [0.4, 0.5) is 0 Å². The maximum absolute atomic E-state index is 5.81. The van der Waals surface area contributed by atoms with Crippen molar-refractivity contribution in [2.24, 2.45) is 5.73 Å². The van der Waals surface area contributed by atoms with Crippen LogP contribution in [0.3, 0.4) is 0 Å². The number of aryl methyl sites for hydroxylation is 1. The van der Waals surface area contributed by atoms with Gasteiger partial charge in [-0.05, 0) is 36.8 Å². The van der Waals surface area contributed by atoms with Crippen molar-refractivity contribution in [1.29, 1.82) is 0 Å². The van der Waals surface area contributed by atoms with Crippen LogP contribution in [0.2, 0.25) is 0 Å². The van der Waals surface area contributed by atoms with Crippen LogP contribution in [0.25, 0.3) is 0 Å². The van der Waals surface area contributed by atoms with E-state index in [4.69, 9.17) is 27.4 Å². The first-order valence-corrected chi connectivity index (χ1v) is 7.13. The molecule has 0 unspecified atom stereocenters. The summed E-state index contributed by atoms with van der Waals surface area (Å²) in [5.74, 6) is 1.65. The molecular formula is C17H19NO2S. The van der Waals surface area contributed by atoms with Crippen molar-refractivity contribution in [1.82, 2.24) is 0 Å². The smallest absolute Gasteiger partial charge is 0.125 e. The predicted molar refractivity (Wildman–Crippen MR) is 89.0 cm³/mol. The number of hydrogen-bond donors (Lipinski definition) is 1. The molecule has 0 atom stereocenters. The molecule has 0 bridgehead atoms. The summed E-state index contributed by atoms with van der Waals surface area (Å²) in [5, 5.41) is 0. The van der Waals surface area contributed by atoms with Crippen LogP contribution in [0.15, 0.2) is 42.5 Å². The molecule has 0 aromatic heterocycles. The third-order valence-corrected chi connectivity index (χ3v) is 3.28. The molecule has 21 heavy (non-hydrogen) atoms. The molecule has 2 N–H and O–H groups in total. The molecule has 0 aliphatic rings. The molecule has 0 spiro atoms. The largest absolute Gasteiger partial charge is 0.496 e. The van der Waals surface area contributed by atoms with Crippen molar-refractivity contribution < 1.29 is 9.47 Å². The van der Waals surface area contributed by atoms with E-state index in [1.54, 1.807) is 7.11 Å². The van der Waals surface area contributed by atoms with Gasteiger partial charge in [0.25, 0.3) is 0 Å². The van der Waals surface area contributed by atoms with Crippen molar-refractivity contribution in [2.45, 2.75) is 20.0 Å². The summed E-state index contributed by atoms with van der Waals surface area (Å²) in [5.41, 5.74) is 8.83. The molecule has 0 fully saturated rings. The Morgan fingerprint density at radius 3 is 2.48 bits per heavy atom. The fourth-order valence-corrected chi connectivity index (χ4v) is 2.25. The molecule has 0 radical (unpaired) electrons. The summed E-state index contributed by atoms with van der Waals surface area (Å²) < 4.78 is 11.1. The summed E-state index contributed by atoms with van der Waals surface area (Å²) in [4.78, 5) is 0.494. The van der Waals surface area contributed by atoms with Gasteiger partial charge in [-0.2, -0.15) is 0 Å². The molecule has 0 saturated heterocycles. The van der Waals surface area contributed by atoms with Gasteiger partial charge >= 0.3 is 0 Å². The summed E-state index contributed by atoms with van der Waals surface area (Å²) in [6.07, 6.45) is 0.612. The van der Waals surface area contributed by atoms with Gasteiger partial charge in [0, 0.05) is 12.0 Å². The second-order valence-electron chi connectivity index (χ2n) is 4.89. The lowest BCUT2D eigenvalue weighted by molar-refractivity contribution is 0.296. The lowest BCUT2D eigenvalue weighted by atomic mass is 10.1. The normalized spacial score (nSPS) is 10.2. The average molecular weight is 301 g/mol. The van der Waals surface area contributed by atoms with Crippen molar-refractivity contribution in [3.8, 4) is 11.5 Å². The Bertz CT molecular complexity index is 623. The van der Waals surface area contributed by atoms with E-state index in [1.807, 2.05) is 43.3 Å². The van der Waals surface area contributed by atoms with Crippen LogP contribution >= 0.6 is 12.2 Å². The maximum Gasteiger partial charge on any atom is 0.125 e. The van der Waals surface area contributed by atoms with E-state index in [1.165, 1.54) is 5.56 Å². The van der Waals surface area contributed by atoms with Crippen molar-refractivity contribution >= 4 is 17.2 Å². The highest BCUT2D eigenvalue weighted by atomic mass is 32.1. The Morgan fingerprint density at radius 1 is 1.14 bits per heavy atom. The topological polar surface area (TPSA) is 44.5 Å². The third kappa shape index (κ3) is 4.46. The first kappa shape index (κ1) is 15.3. The maximum atomic E-state index is 5.81. The third-order valence-electron chi connectivity index (χ3n) is 3.13. The SMILES string of the molecule is COc1ccc(C)cc1COc1ccc(CC(N)=S)cc1. The molecule has 0 heterocycles. The molecular weight excluding hydrogens is 282 g/mol. The van der Waals surface area contributed by atoms with Gasteiger partial charge in [0.2, 0.25) is 0 Å². The van der Waals surface area contributed by atoms with Gasteiger partial charge in [-0.1, -0.05) is 36.0 Å². The number of hydrogen-bond acceptors (Lipinski definition) is 3. The van der Waals surface area contributed by atoms with Crippen LogP contribution in [0.1, 0.15) is 16.7 Å². The summed E-state index contributed by atoms with van der Waals surface area (Å²) in [6.45, 7) is 2.52. The molecule has 3 nitrogen and oxygen atoms in total. The molecule has 0 aliphatic heterocycles. The van der Waals surface area contributed by atoms with E-state index in [9.17, 15) is 0 Å². The molecule has 0 aliphatic carbocycles. The summed E-state index contributed by atoms with van der Waals surface area (Å²) in [6, 6.07) is 13.8. The predicted octanol–water partition coefficient (Wildman–Crippen LogP) is 3.41. The van der Waals surface area contributed by atoms with E-state index in [0.29, 0.717) is 18.0 Å². The Hall–Kier alpha value is -2.07. The van der Waals surface area contributed by atoms with Gasteiger partial charge in [-0.3, -0.25) is 0 Å². The zero-order chi connectivity index (χ0) is 15.2. The van der Waals surface area contributed by atoms with Crippen LogP contribution < -0.4 is 15.2 Å². The number of methoxy groups -OCH3 is 1. The van der Waals surface area contributed by atoms with Gasteiger partial charge < -0.3 is 15.2 Å². The van der Waals surface area contributed by atoms with E-state index >= 15 is 0 Å². The lowest BCUT2D eigenvalue weighted by Crippen LogP contribution is -2.10. The minimum atomic E-state index is 0.472. The lowest BCUT2D eigenvalue weighted by Gasteiger charge is -2.11. The van der Waals surface area contributed by atoms with Crippen LogP contribution in [0, 0.1) is 6.92 Å². The van der Waals surface area contributed by atoms with Crippen molar-refractivity contribution in [3.63, 3.8) is 0 Å². The van der Waals surface area contributed by atoms with Gasteiger partial charge in [-0.25, -0.2) is 0 Å². The highest BCUT2D eigenvalue weighted by Crippen LogP contribution is 2.22. The Labute approximate surface area is 130 Å². The number of ether oxygens (including phenoxy) is 2. The quantitative estimate of drug-likeness (QED) is 0.830. The Balaban J connectivity index is 2.03. The minimum absolute atomic E-state index is 0.472. The molecule has 2 aromatic rings. The highest BCUT2D eigenvalue weighted by Gasteiger charge is 2.04. The van der Waals surface area contributed by atoms with E-state index in [2.05, 4.69) is 6.07 Å². The van der Waals surface area contributed by atoms with Gasteiger partial charge in [0.05, 0.1) is 12.1 Å². The molecule has 0 amide bonds. The summed E-state index contributed by atoms with van der Waals surface area (Å²) >= 11 is 4.90. The summed E-state index contributed by atoms with van der Waals surface area (Å²) in [7, 11) is 1.67. The van der Waals surface area contributed by atoms with Crippen molar-refractivity contribution in [2.75, 3.05) is 7.11 Å². The number of thiocarbonyl (C=S) groups is 1. The van der Waals surface area contributed by atoms with Crippen molar-refractivity contribution in [3.05, 3.63) is 59.2 Å². The molecule has 2 aromatic carbocycles. The second-order valence-corrected chi connectivity index (χ2v) is 5.42. The fraction of sp³-hybridized carbons (Fsp3) is 0.235. The van der Waals surface area contributed by atoms with E-state index in [0.717, 1.165) is 22.6 Å². The zero-order valence-electron chi connectivity index (χ0n) is 12.3. The Morgan fingerprint density at radius 2 is 1.86 bits per heavy atom. The fourth-order valence-electron chi connectivity index (χ4n) is 2.09. The average Bonchev–Trinajstić information content (AvgIpc) is 2.46. The highest BCUT2D eigenvalue weighted by molar-refractivity contribution is 7.80. The first-order chi connectivity index (χ1) is 10.1. The van der Waals surface area contributed by atoms with Crippen LogP contribution in [-0.2, 0) is 13.0 Å².